The lowest BCUT2D eigenvalue weighted by molar-refractivity contribution is -0.128. The Labute approximate surface area is 255 Å². The summed E-state index contributed by atoms with van der Waals surface area (Å²) in [6.07, 6.45) is 3.85. The lowest BCUT2D eigenvalue weighted by Gasteiger charge is -2.42. The summed E-state index contributed by atoms with van der Waals surface area (Å²) in [7, 11) is 0. The third kappa shape index (κ3) is 5.42. The van der Waals surface area contributed by atoms with E-state index in [4.69, 9.17) is 26.8 Å². The molecule has 2 saturated heterocycles. The number of hydrogen-bond donors (Lipinski definition) is 1. The zero-order valence-electron chi connectivity index (χ0n) is 23.1. The quantitative estimate of drug-likeness (QED) is 0.430. The standard InChI is InChI=1S/C30H28ClF2N5O4S/c31-26-25(18-3-4-21(32)28-24(18)20(15-34)29(35)43-28)22(33)14-19-27(26)42-11-5-17-16-37(7-8-38(17)30(19)40)23(39)2-1-6-36-9-12-41-13-10-36/h1-4,14,17H,5-13,16,35H2/b2-1+/t17-/m0/s1. The minimum Gasteiger partial charge on any atom is -0.491 e. The molecule has 4 heterocycles. The molecule has 3 aliphatic heterocycles. The van der Waals surface area contributed by atoms with E-state index in [1.54, 1.807) is 15.9 Å². The number of amides is 2. The predicted molar refractivity (Wildman–Crippen MR) is 159 cm³/mol. The number of ether oxygens (including phenoxy) is 2. The number of piperazine rings is 1. The monoisotopic (exact) mass is 627 g/mol. The summed E-state index contributed by atoms with van der Waals surface area (Å²) in [6.45, 7) is 4.77. The first-order chi connectivity index (χ1) is 20.8. The third-order valence-electron chi connectivity index (χ3n) is 8.08. The van der Waals surface area contributed by atoms with Gasteiger partial charge in [0, 0.05) is 62.7 Å². The number of morpholine rings is 1. The van der Waals surface area contributed by atoms with Gasteiger partial charge in [-0.3, -0.25) is 14.5 Å². The maximum Gasteiger partial charge on any atom is 0.258 e. The normalized spacial score (nSPS) is 19.5. The first kappa shape index (κ1) is 29.3. The lowest BCUT2D eigenvalue weighted by atomic mass is 9.95. The summed E-state index contributed by atoms with van der Waals surface area (Å²) in [5.74, 6) is -1.98. The molecular formula is C30H28ClF2N5O4S. The molecule has 224 valence electrons. The molecule has 3 aliphatic rings. The molecular weight excluding hydrogens is 600 g/mol. The van der Waals surface area contributed by atoms with Crippen LogP contribution in [-0.4, -0.2) is 91.6 Å². The van der Waals surface area contributed by atoms with Crippen LogP contribution in [0.2, 0.25) is 5.02 Å². The van der Waals surface area contributed by atoms with Crippen molar-refractivity contribution in [3.8, 4) is 22.9 Å². The molecule has 0 unspecified atom stereocenters. The molecule has 2 aromatic carbocycles. The number of nitrogen functional groups attached to an aromatic ring is 1. The summed E-state index contributed by atoms with van der Waals surface area (Å²) in [5, 5.41) is 9.79. The molecule has 43 heavy (non-hydrogen) atoms. The van der Waals surface area contributed by atoms with E-state index in [1.807, 2.05) is 12.1 Å². The van der Waals surface area contributed by atoms with Gasteiger partial charge in [0.15, 0.2) is 5.75 Å². The van der Waals surface area contributed by atoms with Crippen LogP contribution in [-0.2, 0) is 9.53 Å². The molecule has 1 aromatic heterocycles. The van der Waals surface area contributed by atoms with Crippen LogP contribution >= 0.6 is 22.9 Å². The van der Waals surface area contributed by atoms with Crippen molar-refractivity contribution < 1.29 is 27.8 Å². The third-order valence-corrected chi connectivity index (χ3v) is 9.47. The number of nitrogens with zero attached hydrogens (tertiary/aromatic N) is 4. The first-order valence-electron chi connectivity index (χ1n) is 13.9. The Bertz CT molecular complexity index is 1680. The van der Waals surface area contributed by atoms with Crippen molar-refractivity contribution >= 4 is 49.8 Å². The smallest absolute Gasteiger partial charge is 0.258 e. The Kier molecular flexibility index (Phi) is 8.24. The molecule has 0 saturated carbocycles. The average Bonchev–Trinajstić information content (AvgIpc) is 3.35. The van der Waals surface area contributed by atoms with Gasteiger partial charge in [0.05, 0.1) is 46.7 Å². The van der Waals surface area contributed by atoms with Gasteiger partial charge < -0.3 is 25.0 Å². The van der Waals surface area contributed by atoms with E-state index in [2.05, 4.69) is 4.90 Å². The van der Waals surface area contributed by atoms with Crippen molar-refractivity contribution in [1.29, 1.82) is 5.26 Å². The predicted octanol–water partition coefficient (Wildman–Crippen LogP) is 4.28. The van der Waals surface area contributed by atoms with Gasteiger partial charge >= 0.3 is 0 Å². The fraction of sp³-hybridized carbons (Fsp3) is 0.367. The van der Waals surface area contributed by atoms with Crippen LogP contribution in [0, 0.1) is 23.0 Å². The Morgan fingerprint density at radius 1 is 1.16 bits per heavy atom. The van der Waals surface area contributed by atoms with E-state index in [0.29, 0.717) is 39.3 Å². The highest BCUT2D eigenvalue weighted by Crippen LogP contribution is 2.47. The van der Waals surface area contributed by atoms with Gasteiger partial charge in [-0.2, -0.15) is 5.26 Å². The molecule has 9 nitrogen and oxygen atoms in total. The van der Waals surface area contributed by atoms with Gasteiger partial charge in [-0.05, 0) is 17.7 Å². The minimum atomic E-state index is -0.821. The number of halogens is 3. The number of hydrogen-bond acceptors (Lipinski definition) is 8. The van der Waals surface area contributed by atoms with Gasteiger partial charge in [0.25, 0.3) is 5.91 Å². The summed E-state index contributed by atoms with van der Waals surface area (Å²) >= 11 is 7.63. The average molecular weight is 628 g/mol. The van der Waals surface area contributed by atoms with Crippen LogP contribution in [0.4, 0.5) is 13.8 Å². The molecule has 0 bridgehead atoms. The fourth-order valence-electron chi connectivity index (χ4n) is 5.87. The van der Waals surface area contributed by atoms with Crippen LogP contribution in [0.1, 0.15) is 22.3 Å². The number of fused-ring (bicyclic) bond motifs is 3. The van der Waals surface area contributed by atoms with Crippen LogP contribution in [0.3, 0.4) is 0 Å². The summed E-state index contributed by atoms with van der Waals surface area (Å²) in [5.41, 5.74) is 6.02. The number of nitriles is 1. The molecule has 0 radical (unpaired) electrons. The number of thiophene rings is 1. The largest absolute Gasteiger partial charge is 0.491 e. The van der Waals surface area contributed by atoms with E-state index in [1.165, 1.54) is 6.07 Å². The Morgan fingerprint density at radius 3 is 2.72 bits per heavy atom. The van der Waals surface area contributed by atoms with Crippen molar-refractivity contribution in [2.24, 2.45) is 0 Å². The maximum atomic E-state index is 15.9. The van der Waals surface area contributed by atoms with Gasteiger partial charge in [-0.15, -0.1) is 11.3 Å². The number of carbonyl (C=O) groups excluding carboxylic acids is 2. The molecule has 0 spiro atoms. The number of benzene rings is 2. The van der Waals surface area contributed by atoms with Crippen molar-refractivity contribution in [2.75, 3.05) is 64.8 Å². The molecule has 3 aromatic rings. The van der Waals surface area contributed by atoms with Gasteiger partial charge in [0.1, 0.15) is 22.7 Å². The molecule has 13 heteroatoms. The number of rotatable bonds is 4. The van der Waals surface area contributed by atoms with Crippen LogP contribution in [0.25, 0.3) is 21.2 Å². The second-order valence-corrected chi connectivity index (χ2v) is 12.0. The van der Waals surface area contributed by atoms with Crippen molar-refractivity contribution in [3.05, 3.63) is 58.1 Å². The zero-order valence-corrected chi connectivity index (χ0v) is 24.6. The number of carbonyl (C=O) groups is 2. The lowest BCUT2D eigenvalue weighted by Crippen LogP contribution is -2.57. The molecule has 2 N–H and O–H groups in total. The van der Waals surface area contributed by atoms with E-state index >= 15 is 4.39 Å². The maximum absolute atomic E-state index is 15.9. The van der Waals surface area contributed by atoms with Crippen molar-refractivity contribution in [1.82, 2.24) is 14.7 Å². The van der Waals surface area contributed by atoms with Crippen LogP contribution in [0.15, 0.2) is 30.4 Å². The Morgan fingerprint density at radius 2 is 1.95 bits per heavy atom. The first-order valence-corrected chi connectivity index (χ1v) is 15.1. The van der Waals surface area contributed by atoms with Crippen LogP contribution < -0.4 is 10.5 Å². The highest BCUT2D eigenvalue weighted by Gasteiger charge is 2.37. The fourth-order valence-corrected chi connectivity index (χ4v) is 7.17. The zero-order chi connectivity index (χ0) is 30.2. The van der Waals surface area contributed by atoms with Crippen molar-refractivity contribution in [3.63, 3.8) is 0 Å². The van der Waals surface area contributed by atoms with E-state index in [-0.39, 0.29) is 73.2 Å². The Hall–Kier alpha value is -3.76. The summed E-state index contributed by atoms with van der Waals surface area (Å²) in [4.78, 5) is 32.2. The van der Waals surface area contributed by atoms with E-state index in [0.717, 1.165) is 36.6 Å². The van der Waals surface area contributed by atoms with Gasteiger partial charge in [0.2, 0.25) is 5.91 Å². The van der Waals surface area contributed by atoms with E-state index in [9.17, 15) is 19.2 Å². The SMILES string of the molecule is N#Cc1c(N)sc2c(F)ccc(-c3c(F)cc4c(c3Cl)OCC[C@H]3CN(C(=O)/C=C/CN5CCOCC5)CCN3C4=O)c12. The minimum absolute atomic E-state index is 0.0188. The molecule has 2 amide bonds. The second-order valence-electron chi connectivity index (χ2n) is 10.6. The highest BCUT2D eigenvalue weighted by atomic mass is 35.5. The topological polar surface area (TPSA) is 112 Å². The number of anilines is 1. The van der Waals surface area contributed by atoms with Gasteiger partial charge in [-0.1, -0.05) is 23.7 Å². The van der Waals surface area contributed by atoms with Crippen LogP contribution in [0.5, 0.6) is 5.75 Å². The molecule has 6 rings (SSSR count). The molecule has 1 atom stereocenters. The summed E-state index contributed by atoms with van der Waals surface area (Å²) < 4.78 is 41.9. The Balaban J connectivity index is 1.26. The van der Waals surface area contributed by atoms with E-state index < -0.39 is 17.5 Å². The van der Waals surface area contributed by atoms with Gasteiger partial charge in [-0.25, -0.2) is 8.78 Å². The molecule has 2 fully saturated rings. The second kappa shape index (κ2) is 12.1. The summed E-state index contributed by atoms with van der Waals surface area (Å²) in [6, 6.07) is 5.23. The van der Waals surface area contributed by atoms with Crippen molar-refractivity contribution in [2.45, 2.75) is 12.5 Å². The highest BCUT2D eigenvalue weighted by molar-refractivity contribution is 7.23. The number of nitrogens with two attached hydrogens (primary N) is 1. The molecule has 0 aliphatic carbocycles.